The van der Waals surface area contributed by atoms with Crippen LogP contribution in [0.15, 0.2) is 24.7 Å². The summed E-state index contributed by atoms with van der Waals surface area (Å²) in [5.74, 6) is -21.2. The third-order valence-electron chi connectivity index (χ3n) is 16.2. The molecule has 106 heavy (non-hydrogen) atoms. The highest BCUT2D eigenvalue weighted by molar-refractivity contribution is 6.02. The van der Waals surface area contributed by atoms with E-state index in [0.29, 0.717) is 11.5 Å². The number of carbonyl (C=O) groups is 17. The third-order valence-corrected chi connectivity index (χ3v) is 16.2. The second-order valence-electron chi connectivity index (χ2n) is 25.5. The van der Waals surface area contributed by atoms with Gasteiger partial charge in [-0.1, -0.05) is 27.7 Å². The van der Waals surface area contributed by atoms with Gasteiger partial charge in [-0.25, -0.2) is 15.1 Å². The number of phenolic OH excluding ortho intramolecular Hbond substituents is 2. The van der Waals surface area contributed by atoms with E-state index < -0.39 is 268 Å². The number of imidazole rings is 1. The maximum absolute atomic E-state index is 15.0. The molecule has 3 aliphatic heterocycles. The van der Waals surface area contributed by atoms with Crippen molar-refractivity contribution in [1.29, 1.82) is 0 Å². The van der Waals surface area contributed by atoms with Crippen LogP contribution in [0.4, 0.5) is 0 Å². The highest BCUT2D eigenvalue weighted by Crippen LogP contribution is 2.36. The smallest absolute Gasteiger partial charge is 0.268 e. The van der Waals surface area contributed by atoms with Gasteiger partial charge in [-0.3, -0.25) is 96.5 Å². The lowest BCUT2D eigenvalue weighted by Gasteiger charge is -2.30. The number of nitrogens with two attached hydrogens (primary N) is 1. The fourth-order valence-corrected chi connectivity index (χ4v) is 10.4. The quantitative estimate of drug-likeness (QED) is 0.0118. The van der Waals surface area contributed by atoms with E-state index in [0.717, 1.165) is 43.1 Å². The van der Waals surface area contributed by atoms with Gasteiger partial charge in [-0.05, 0) is 76.3 Å². The molecule has 4 heterocycles. The van der Waals surface area contributed by atoms with E-state index in [-0.39, 0.29) is 48.7 Å². The molecule has 3 aliphatic rings. The Morgan fingerprint density at radius 1 is 0.698 bits per heavy atom. The molecule has 0 radical (unpaired) electrons. The number of aromatic hydroxyl groups is 2. The van der Waals surface area contributed by atoms with Crippen LogP contribution >= 0.6 is 0 Å². The lowest BCUT2D eigenvalue weighted by Crippen LogP contribution is -2.63. The van der Waals surface area contributed by atoms with Crippen LogP contribution in [-0.4, -0.2) is 287 Å². The molecule has 1 saturated heterocycles. The topological polar surface area (TPSA) is 671 Å². The molecule has 2 bridgehead atoms. The number of aliphatic hydroxyl groups is 4. The van der Waals surface area contributed by atoms with E-state index in [1.807, 2.05) is 0 Å². The monoisotopic (exact) mass is 1500 g/mol. The molecule has 1 aromatic heterocycles. The van der Waals surface area contributed by atoms with Crippen LogP contribution < -0.4 is 80.2 Å². The van der Waals surface area contributed by atoms with Gasteiger partial charge in [0, 0.05) is 37.8 Å². The first-order valence-corrected chi connectivity index (χ1v) is 33.4. The molecule has 2 aromatic rings. The maximum Gasteiger partial charge on any atom is 0.268 e. The summed E-state index contributed by atoms with van der Waals surface area (Å²) in [6.45, 7) is 2.27. The van der Waals surface area contributed by atoms with Gasteiger partial charge in [-0.15, -0.1) is 0 Å². The summed E-state index contributed by atoms with van der Waals surface area (Å²) in [7, 11) is 0. The van der Waals surface area contributed by atoms with Gasteiger partial charge < -0.3 is 111 Å². The Bertz CT molecular complexity index is 3530. The molecule has 44 nitrogen and oxygen atoms in total. The Balaban J connectivity index is 1.69. The number of primary amides is 1. The summed E-state index contributed by atoms with van der Waals surface area (Å²) >= 11 is 0. The molecule has 12 unspecified atom stereocenters. The minimum absolute atomic E-state index is 0.0202. The minimum Gasteiger partial charge on any atom is -0.504 e. The molecule has 1 fully saturated rings. The standard InChI is InChI=1S/C62H93N19O25/c1-28(2)17-37-55(97)78-49(31(6)86)61(103)74-38(18-32-19-64-26-80(32)41-13-11-33(50(92)51(41)93)52(94)67-20-43(88)66-23-46(91)76-48(30(5)85)60(102)75-40(25-83)58(100)73-37)56(98)77-47(29(3)4)59(101)71-35(12-14-42(63)87)54(96)70-34(9-7-15-79(105)27-84)53(95)68-21-44(89)65-22-45(90)69-39(24-82)57(99)72-36-10-8-16-81(106)62(36)104/h11,13,19,26-31,34-40,47-49,82-83,85-86,92-93,105-106H,7-10,12,14-18,20-25H2,1-6H3,(H2,63,87)(H,65,89)(H,66,88)(H,67,94)(H,68,95)(H,69,90)(H,70,96)(H,71,101)(H,72,99)(H,73,100)(H,74,103)(H,75,102)(H,76,91)(H,77,98)(H,78,97). The van der Waals surface area contributed by atoms with E-state index in [2.05, 4.69) is 79.4 Å². The van der Waals surface area contributed by atoms with Gasteiger partial charge in [0.2, 0.25) is 89.1 Å². The number of hydrogen-bond donors (Lipinski definition) is 23. The summed E-state index contributed by atoms with van der Waals surface area (Å²) < 4.78 is 1.08. The van der Waals surface area contributed by atoms with Gasteiger partial charge in [-0.2, -0.15) is 0 Å². The van der Waals surface area contributed by atoms with Gasteiger partial charge in [0.15, 0.2) is 11.5 Å². The average molecular weight is 1500 g/mol. The molecule has 12 atom stereocenters. The molecule has 586 valence electrons. The van der Waals surface area contributed by atoms with Crippen LogP contribution in [0.5, 0.6) is 11.5 Å². The maximum atomic E-state index is 15.0. The number of rotatable bonds is 29. The van der Waals surface area contributed by atoms with Crippen molar-refractivity contribution in [3.63, 3.8) is 0 Å². The zero-order valence-corrected chi connectivity index (χ0v) is 58.7. The number of carbonyl (C=O) groups excluding carboxylic acids is 17. The predicted molar refractivity (Wildman–Crippen MR) is 358 cm³/mol. The lowest BCUT2D eigenvalue weighted by molar-refractivity contribution is -0.173. The average Bonchev–Trinajstić information content (AvgIpc) is 1.50. The number of hydrogen-bond acceptors (Lipinski definition) is 26. The summed E-state index contributed by atoms with van der Waals surface area (Å²) in [5, 5.41) is 116. The van der Waals surface area contributed by atoms with Crippen molar-refractivity contribution in [2.45, 2.75) is 166 Å². The number of amides is 17. The van der Waals surface area contributed by atoms with Crippen LogP contribution in [-0.2, 0) is 83.1 Å². The molecular weight excluding hydrogens is 1410 g/mol. The van der Waals surface area contributed by atoms with Crippen molar-refractivity contribution < 1.29 is 123 Å². The number of benzene rings is 1. The second kappa shape index (κ2) is 41.9. The number of fused-ring (bicyclic) bond motifs is 23. The Labute approximate surface area is 604 Å². The second-order valence-corrected chi connectivity index (χ2v) is 25.5. The lowest BCUT2D eigenvalue weighted by atomic mass is 10.00. The van der Waals surface area contributed by atoms with E-state index in [9.17, 15) is 123 Å². The Morgan fingerprint density at radius 2 is 1.31 bits per heavy atom. The number of nitrogens with one attached hydrogen (secondary N) is 14. The third kappa shape index (κ3) is 26.8. The fraction of sp³-hybridized carbons (Fsp3) is 0.581. The first-order valence-electron chi connectivity index (χ1n) is 33.4. The summed E-state index contributed by atoms with van der Waals surface area (Å²) in [5.41, 5.74) is 4.39. The van der Waals surface area contributed by atoms with Crippen LogP contribution in [0, 0.1) is 11.8 Å². The van der Waals surface area contributed by atoms with Gasteiger partial charge in [0.25, 0.3) is 11.8 Å². The number of aromatic nitrogens is 2. The van der Waals surface area contributed by atoms with Crippen molar-refractivity contribution >= 4 is 101 Å². The number of phenols is 2. The molecule has 0 saturated carbocycles. The Hall–Kier alpha value is -11.2. The predicted octanol–water partition coefficient (Wildman–Crippen LogP) is -10.9. The molecular formula is C62H93N19O25. The Morgan fingerprint density at radius 3 is 1.93 bits per heavy atom. The molecule has 0 aliphatic carbocycles. The number of aliphatic hydroxyl groups excluding tert-OH is 4. The van der Waals surface area contributed by atoms with Crippen molar-refractivity contribution in [3.05, 3.63) is 35.9 Å². The van der Waals surface area contributed by atoms with E-state index in [4.69, 9.17) is 5.73 Å². The van der Waals surface area contributed by atoms with Crippen molar-refractivity contribution in [1.82, 2.24) is 94.1 Å². The number of nitrogens with zero attached hydrogens (tertiary/aromatic N) is 4. The first-order chi connectivity index (χ1) is 49.9. The molecule has 5 rings (SSSR count). The Kier molecular flexibility index (Phi) is 34.5. The van der Waals surface area contributed by atoms with Crippen molar-refractivity contribution in [2.24, 2.45) is 17.6 Å². The van der Waals surface area contributed by atoms with Crippen molar-refractivity contribution in [3.8, 4) is 17.2 Å². The largest absolute Gasteiger partial charge is 0.504 e. The summed E-state index contributed by atoms with van der Waals surface area (Å²) in [4.78, 5) is 231. The summed E-state index contributed by atoms with van der Waals surface area (Å²) in [6.07, 6.45) is -3.63. The van der Waals surface area contributed by atoms with Crippen LogP contribution in [0.3, 0.4) is 0 Å². The highest BCUT2D eigenvalue weighted by Gasteiger charge is 2.39. The van der Waals surface area contributed by atoms with Crippen LogP contribution in [0.2, 0.25) is 0 Å². The molecule has 24 N–H and O–H groups in total. The highest BCUT2D eigenvalue weighted by atomic mass is 16.5. The molecule has 17 amide bonds. The minimum atomic E-state index is -2.03. The zero-order valence-electron chi connectivity index (χ0n) is 58.7. The van der Waals surface area contributed by atoms with E-state index in [1.165, 1.54) is 13.8 Å². The van der Waals surface area contributed by atoms with Crippen LogP contribution in [0.1, 0.15) is 103 Å². The van der Waals surface area contributed by atoms with Crippen LogP contribution in [0.25, 0.3) is 5.69 Å². The number of piperidine rings is 1. The first kappa shape index (κ1) is 87.2. The fourth-order valence-electron chi connectivity index (χ4n) is 10.4. The normalized spacial score (nSPS) is 20.5. The van der Waals surface area contributed by atoms with Gasteiger partial charge in [0.1, 0.15) is 60.4 Å². The molecule has 0 spiro atoms. The molecule has 1 aromatic carbocycles. The molecule has 44 heteroatoms. The number of hydroxylamine groups is 4. The SMILES string of the molecule is CC(C)CC1NC(=O)C(CO)NC(=O)C(C(C)O)NC(=O)CNC(=O)CNC(=O)c2ccc(c(O)c2O)-n2cncc2CC(C(=O)NC(C(=O)NC(CCC(N)=O)C(=O)NC(CCCN(O)C=O)C(=O)NCC(=O)NCC(=O)NC(CO)C(=O)NC2CCCN(O)C2=O)C(C)C)NC(=O)C(C(C)O)NC1=O. The van der Waals surface area contributed by atoms with E-state index in [1.54, 1.807) is 13.8 Å². The zero-order chi connectivity index (χ0) is 79.4. The summed E-state index contributed by atoms with van der Waals surface area (Å²) in [6, 6.07) is -15.3. The van der Waals surface area contributed by atoms with E-state index >= 15 is 0 Å². The van der Waals surface area contributed by atoms with Crippen molar-refractivity contribution in [2.75, 3.05) is 52.5 Å². The van der Waals surface area contributed by atoms with Gasteiger partial charge >= 0.3 is 0 Å². The van der Waals surface area contributed by atoms with Gasteiger partial charge in [0.05, 0.1) is 69.2 Å².